The minimum Gasteiger partial charge on any atom is -0.444 e. The van der Waals surface area contributed by atoms with E-state index in [9.17, 15) is 9.18 Å². The van der Waals surface area contributed by atoms with Crippen LogP contribution in [0.5, 0.6) is 0 Å². The second kappa shape index (κ2) is 5.87. The normalized spacial score (nSPS) is 11.0. The Hall–Kier alpha value is -2.50. The van der Waals surface area contributed by atoms with Crippen LogP contribution < -0.4 is 5.32 Å². The van der Waals surface area contributed by atoms with Crippen LogP contribution in [0.4, 0.5) is 15.0 Å². The standard InChI is InChI=1S/C15H16FN3O2/c1-15(2,3)21-14(20)19-13-6-4-5-12(18-13)11-8-7-10(16)9-17-11/h4-9H,1-3H3,(H,18,19,20). The number of anilines is 1. The van der Waals surface area contributed by atoms with Gasteiger partial charge in [0, 0.05) is 0 Å². The topological polar surface area (TPSA) is 64.1 Å². The third-order valence-corrected chi connectivity index (χ3v) is 2.37. The Labute approximate surface area is 122 Å². The van der Waals surface area contributed by atoms with Crippen molar-refractivity contribution < 1.29 is 13.9 Å². The molecule has 2 heterocycles. The monoisotopic (exact) mass is 289 g/mol. The van der Waals surface area contributed by atoms with Gasteiger partial charge in [0.25, 0.3) is 0 Å². The number of hydrogen-bond acceptors (Lipinski definition) is 4. The van der Waals surface area contributed by atoms with Gasteiger partial charge in [0.2, 0.25) is 0 Å². The third-order valence-electron chi connectivity index (χ3n) is 2.37. The third kappa shape index (κ3) is 4.52. The number of nitrogens with zero attached hydrogens (tertiary/aromatic N) is 2. The van der Waals surface area contributed by atoms with Gasteiger partial charge < -0.3 is 4.74 Å². The van der Waals surface area contributed by atoms with Crippen LogP contribution in [0.25, 0.3) is 11.4 Å². The summed E-state index contributed by atoms with van der Waals surface area (Å²) >= 11 is 0. The van der Waals surface area contributed by atoms with Crippen molar-refractivity contribution in [3.8, 4) is 11.4 Å². The van der Waals surface area contributed by atoms with Crippen molar-refractivity contribution in [3.63, 3.8) is 0 Å². The molecule has 0 fully saturated rings. The Bertz CT molecular complexity index is 636. The first-order valence-electron chi connectivity index (χ1n) is 6.42. The fraction of sp³-hybridized carbons (Fsp3) is 0.267. The van der Waals surface area contributed by atoms with E-state index in [2.05, 4.69) is 15.3 Å². The number of aromatic nitrogens is 2. The molecule has 0 atom stereocenters. The summed E-state index contributed by atoms with van der Waals surface area (Å²) in [6.45, 7) is 5.33. The van der Waals surface area contributed by atoms with Crippen molar-refractivity contribution in [2.45, 2.75) is 26.4 Å². The number of hydrogen-bond donors (Lipinski definition) is 1. The Kier molecular flexibility index (Phi) is 4.16. The smallest absolute Gasteiger partial charge is 0.413 e. The number of pyridine rings is 2. The van der Waals surface area contributed by atoms with Crippen LogP contribution in [0.3, 0.4) is 0 Å². The molecule has 0 aliphatic rings. The minimum absolute atomic E-state index is 0.341. The number of rotatable bonds is 2. The van der Waals surface area contributed by atoms with Gasteiger partial charge in [0.05, 0.1) is 17.6 Å². The zero-order valence-electron chi connectivity index (χ0n) is 12.1. The minimum atomic E-state index is -0.584. The maximum Gasteiger partial charge on any atom is 0.413 e. The van der Waals surface area contributed by atoms with E-state index in [1.54, 1.807) is 39.0 Å². The highest BCUT2D eigenvalue weighted by atomic mass is 19.1. The molecule has 21 heavy (non-hydrogen) atoms. The molecular formula is C15H16FN3O2. The predicted molar refractivity (Wildman–Crippen MR) is 77.3 cm³/mol. The molecule has 6 heteroatoms. The average molecular weight is 289 g/mol. The average Bonchev–Trinajstić information content (AvgIpc) is 2.37. The van der Waals surface area contributed by atoms with E-state index in [-0.39, 0.29) is 0 Å². The summed E-state index contributed by atoms with van der Waals surface area (Å²) in [6, 6.07) is 7.91. The molecule has 0 bridgehead atoms. The molecule has 0 unspecified atom stereocenters. The van der Waals surface area contributed by atoms with Gasteiger partial charge in [-0.15, -0.1) is 0 Å². The van der Waals surface area contributed by atoms with E-state index in [1.165, 1.54) is 12.1 Å². The van der Waals surface area contributed by atoms with Crippen molar-refractivity contribution in [2.24, 2.45) is 0 Å². The number of nitrogens with one attached hydrogen (secondary N) is 1. The van der Waals surface area contributed by atoms with Gasteiger partial charge in [-0.25, -0.2) is 14.2 Å². The van der Waals surface area contributed by atoms with Gasteiger partial charge >= 0.3 is 6.09 Å². The zero-order valence-corrected chi connectivity index (χ0v) is 12.1. The van der Waals surface area contributed by atoms with E-state index in [4.69, 9.17) is 4.74 Å². The first kappa shape index (κ1) is 14.9. The Morgan fingerprint density at radius 1 is 1.19 bits per heavy atom. The lowest BCUT2D eigenvalue weighted by Crippen LogP contribution is -2.27. The molecule has 0 aromatic carbocycles. The molecule has 2 rings (SSSR count). The molecule has 5 nitrogen and oxygen atoms in total. The highest BCUT2D eigenvalue weighted by molar-refractivity contribution is 5.84. The molecule has 2 aromatic rings. The predicted octanol–water partition coefficient (Wildman–Crippen LogP) is 3.63. The summed E-state index contributed by atoms with van der Waals surface area (Å²) in [5, 5.41) is 2.55. The SMILES string of the molecule is CC(C)(C)OC(=O)Nc1cccc(-c2ccc(F)cn2)n1. The van der Waals surface area contributed by atoms with Crippen LogP contribution in [0.2, 0.25) is 0 Å². The summed E-state index contributed by atoms with van der Waals surface area (Å²) in [6.07, 6.45) is 0.532. The van der Waals surface area contributed by atoms with Crippen LogP contribution in [-0.4, -0.2) is 21.7 Å². The maximum atomic E-state index is 12.9. The van der Waals surface area contributed by atoms with Crippen molar-refractivity contribution in [2.75, 3.05) is 5.32 Å². The highest BCUT2D eigenvalue weighted by Gasteiger charge is 2.16. The molecule has 1 N–H and O–H groups in total. The highest BCUT2D eigenvalue weighted by Crippen LogP contribution is 2.17. The summed E-state index contributed by atoms with van der Waals surface area (Å²) in [5.74, 6) is -0.0744. The van der Waals surface area contributed by atoms with Gasteiger partial charge in [-0.2, -0.15) is 0 Å². The van der Waals surface area contributed by atoms with Crippen LogP contribution in [-0.2, 0) is 4.74 Å². The molecule has 0 saturated carbocycles. The summed E-state index contributed by atoms with van der Waals surface area (Å²) in [4.78, 5) is 19.9. The largest absolute Gasteiger partial charge is 0.444 e. The van der Waals surface area contributed by atoms with Crippen LogP contribution in [0.15, 0.2) is 36.5 Å². The summed E-state index contributed by atoms with van der Waals surface area (Å²) in [5.41, 5.74) is 0.466. The molecule has 0 saturated heterocycles. The number of carbonyl (C=O) groups is 1. The molecule has 0 radical (unpaired) electrons. The zero-order chi connectivity index (χ0) is 15.5. The van der Waals surface area contributed by atoms with E-state index in [1.807, 2.05) is 0 Å². The van der Waals surface area contributed by atoms with Crippen molar-refractivity contribution in [1.29, 1.82) is 0 Å². The molecule has 0 aliphatic heterocycles. The van der Waals surface area contributed by atoms with Crippen molar-refractivity contribution in [1.82, 2.24) is 9.97 Å². The lowest BCUT2D eigenvalue weighted by atomic mass is 10.2. The van der Waals surface area contributed by atoms with Crippen molar-refractivity contribution in [3.05, 3.63) is 42.3 Å². The Morgan fingerprint density at radius 2 is 1.95 bits per heavy atom. The van der Waals surface area contributed by atoms with Gasteiger partial charge in [-0.3, -0.25) is 10.3 Å². The fourth-order valence-electron chi connectivity index (χ4n) is 1.58. The van der Waals surface area contributed by atoms with Crippen molar-refractivity contribution >= 4 is 11.9 Å². The molecule has 110 valence electrons. The van der Waals surface area contributed by atoms with Gasteiger partial charge in [0.1, 0.15) is 17.2 Å². The summed E-state index contributed by atoms with van der Waals surface area (Å²) < 4.78 is 18.0. The van der Waals surface area contributed by atoms with Crippen LogP contribution in [0, 0.1) is 5.82 Å². The lowest BCUT2D eigenvalue weighted by Gasteiger charge is -2.19. The quantitative estimate of drug-likeness (QED) is 0.917. The Balaban J connectivity index is 2.14. The van der Waals surface area contributed by atoms with Crippen LogP contribution in [0.1, 0.15) is 20.8 Å². The number of ether oxygens (including phenoxy) is 1. The molecule has 0 aliphatic carbocycles. The number of halogens is 1. The second-order valence-electron chi connectivity index (χ2n) is 5.40. The van der Waals surface area contributed by atoms with E-state index < -0.39 is 17.5 Å². The molecule has 2 aromatic heterocycles. The van der Waals surface area contributed by atoms with Gasteiger partial charge in [0.15, 0.2) is 0 Å². The van der Waals surface area contributed by atoms with Crippen LogP contribution >= 0.6 is 0 Å². The molecule has 0 spiro atoms. The number of carbonyl (C=O) groups excluding carboxylic acids is 1. The summed E-state index contributed by atoms with van der Waals surface area (Å²) in [7, 11) is 0. The number of amides is 1. The Morgan fingerprint density at radius 3 is 2.57 bits per heavy atom. The van der Waals surface area contributed by atoms with E-state index in [0.717, 1.165) is 6.20 Å². The van der Waals surface area contributed by atoms with Gasteiger partial charge in [-0.1, -0.05) is 6.07 Å². The lowest BCUT2D eigenvalue weighted by molar-refractivity contribution is 0.0635. The first-order valence-corrected chi connectivity index (χ1v) is 6.42. The van der Waals surface area contributed by atoms with E-state index in [0.29, 0.717) is 17.2 Å². The maximum absolute atomic E-state index is 12.9. The fourth-order valence-corrected chi connectivity index (χ4v) is 1.58. The second-order valence-corrected chi connectivity index (χ2v) is 5.40. The molecule has 1 amide bonds. The molecular weight excluding hydrogens is 273 g/mol. The van der Waals surface area contributed by atoms with Gasteiger partial charge in [-0.05, 0) is 45.0 Å². The van der Waals surface area contributed by atoms with E-state index >= 15 is 0 Å². The first-order chi connectivity index (χ1) is 9.83.